The predicted molar refractivity (Wildman–Crippen MR) is 218 cm³/mol. The largest absolute Gasteiger partial charge is 0.456 e. The zero-order valence-corrected chi connectivity index (χ0v) is 28.1. The van der Waals surface area contributed by atoms with Crippen molar-refractivity contribution in [1.29, 1.82) is 0 Å². The van der Waals surface area contributed by atoms with Gasteiger partial charge in [0, 0.05) is 21.9 Å². The number of benzene rings is 9. The summed E-state index contributed by atoms with van der Waals surface area (Å²) in [7, 11) is 0. The Morgan fingerprint density at radius 2 is 0.885 bits per heavy atom. The van der Waals surface area contributed by atoms with E-state index in [9.17, 15) is 0 Å². The van der Waals surface area contributed by atoms with Gasteiger partial charge in [-0.05, 0) is 84.4 Å². The molecular formula is C50H30O2. The summed E-state index contributed by atoms with van der Waals surface area (Å²) in [6, 6.07) is 64.9. The first-order valence-corrected chi connectivity index (χ1v) is 17.8. The van der Waals surface area contributed by atoms with Crippen LogP contribution in [0.3, 0.4) is 0 Å². The van der Waals surface area contributed by atoms with E-state index in [4.69, 9.17) is 8.83 Å². The molecule has 0 N–H and O–H groups in total. The molecule has 0 fully saturated rings. The quantitative estimate of drug-likeness (QED) is 0.175. The van der Waals surface area contributed by atoms with Crippen molar-refractivity contribution < 1.29 is 8.83 Å². The molecule has 0 atom stereocenters. The average Bonchev–Trinajstić information content (AvgIpc) is 3.79. The standard InChI is InChI=1S/C50H30O2/c1-3-15-32(16-4-1)46-41-27-29-44-48(50(41)52-49(46)33-17-5-2-6-18-33)42-30-34(26-28-43(42)51-44)45-37-21-9-11-23-39(37)47(40-24-12-10-22-38(40)45)36-25-13-19-31-14-7-8-20-35(31)36/h1-30H. The van der Waals surface area contributed by atoms with Gasteiger partial charge in [0.05, 0.1) is 5.39 Å². The minimum absolute atomic E-state index is 0.814. The van der Waals surface area contributed by atoms with Crippen LogP contribution in [0.15, 0.2) is 191 Å². The Hall–Kier alpha value is -6.90. The normalized spacial score (nSPS) is 11.8. The molecule has 0 aliphatic heterocycles. The minimum atomic E-state index is 0.814. The molecule has 2 heteroatoms. The molecule has 0 aliphatic rings. The van der Waals surface area contributed by atoms with Gasteiger partial charge in [-0.15, -0.1) is 0 Å². The van der Waals surface area contributed by atoms with Crippen molar-refractivity contribution in [2.45, 2.75) is 0 Å². The van der Waals surface area contributed by atoms with Crippen LogP contribution >= 0.6 is 0 Å². The average molecular weight is 663 g/mol. The molecule has 2 nitrogen and oxygen atoms in total. The van der Waals surface area contributed by atoms with Crippen LogP contribution in [0.2, 0.25) is 0 Å². The second-order valence-corrected chi connectivity index (χ2v) is 13.5. The van der Waals surface area contributed by atoms with E-state index in [1.165, 1.54) is 49.0 Å². The number of hydrogen-bond donors (Lipinski definition) is 0. The first-order valence-electron chi connectivity index (χ1n) is 17.8. The third-order valence-electron chi connectivity index (χ3n) is 10.7. The van der Waals surface area contributed by atoms with Crippen LogP contribution in [0.25, 0.3) is 110 Å². The summed E-state index contributed by atoms with van der Waals surface area (Å²) in [5.74, 6) is 0.862. The Labute approximate surface area is 299 Å². The molecule has 0 amide bonds. The molecule has 2 aromatic heterocycles. The second kappa shape index (κ2) is 11.3. The molecule has 0 saturated heterocycles. The van der Waals surface area contributed by atoms with Crippen molar-refractivity contribution in [3.05, 3.63) is 182 Å². The fourth-order valence-corrected chi connectivity index (χ4v) is 8.43. The summed E-state index contributed by atoms with van der Waals surface area (Å²) in [6.07, 6.45) is 0. The predicted octanol–water partition coefficient (Wildman–Crippen LogP) is 14.5. The first kappa shape index (κ1) is 28.9. The summed E-state index contributed by atoms with van der Waals surface area (Å²) < 4.78 is 13.5. The highest BCUT2D eigenvalue weighted by Gasteiger charge is 2.23. The zero-order chi connectivity index (χ0) is 34.2. The minimum Gasteiger partial charge on any atom is -0.456 e. The molecule has 0 unspecified atom stereocenters. The van der Waals surface area contributed by atoms with Crippen molar-refractivity contribution in [2.75, 3.05) is 0 Å². The highest BCUT2D eigenvalue weighted by atomic mass is 16.3. The number of furan rings is 2. The lowest BCUT2D eigenvalue weighted by molar-refractivity contribution is 0.634. The fourth-order valence-electron chi connectivity index (χ4n) is 8.43. The Morgan fingerprint density at radius 3 is 1.60 bits per heavy atom. The van der Waals surface area contributed by atoms with Crippen LogP contribution in [-0.2, 0) is 0 Å². The lowest BCUT2D eigenvalue weighted by atomic mass is 9.84. The van der Waals surface area contributed by atoms with E-state index in [1.807, 2.05) is 6.07 Å². The van der Waals surface area contributed by atoms with Crippen LogP contribution in [0.4, 0.5) is 0 Å². The Balaban J connectivity index is 1.21. The molecule has 0 spiro atoms. The lowest BCUT2D eigenvalue weighted by Crippen LogP contribution is -1.91. The third kappa shape index (κ3) is 4.25. The first-order chi connectivity index (χ1) is 25.8. The van der Waals surface area contributed by atoms with E-state index >= 15 is 0 Å². The maximum absolute atomic E-state index is 6.95. The topological polar surface area (TPSA) is 26.3 Å². The molecule has 242 valence electrons. The van der Waals surface area contributed by atoms with E-state index in [2.05, 4.69) is 176 Å². The van der Waals surface area contributed by atoms with Gasteiger partial charge < -0.3 is 8.83 Å². The monoisotopic (exact) mass is 662 g/mol. The van der Waals surface area contributed by atoms with Crippen LogP contribution in [0.1, 0.15) is 0 Å². The molecule has 11 aromatic rings. The van der Waals surface area contributed by atoms with Gasteiger partial charge in [0.2, 0.25) is 0 Å². The Morgan fingerprint density at radius 1 is 0.308 bits per heavy atom. The Bertz CT molecular complexity index is 3100. The highest BCUT2D eigenvalue weighted by molar-refractivity contribution is 6.25. The van der Waals surface area contributed by atoms with E-state index < -0.39 is 0 Å². The molecule has 11 rings (SSSR count). The van der Waals surface area contributed by atoms with E-state index in [0.29, 0.717) is 0 Å². The smallest absolute Gasteiger partial charge is 0.147 e. The maximum atomic E-state index is 6.95. The number of rotatable bonds is 4. The zero-order valence-electron chi connectivity index (χ0n) is 28.1. The SMILES string of the molecule is c1ccc(-c2oc3c(ccc4oc5ccc(-c6c7ccccc7c(-c7cccc8ccccc78)c7ccccc67)cc5c43)c2-c2ccccc2)cc1. The summed E-state index contributed by atoms with van der Waals surface area (Å²) in [6.45, 7) is 0. The van der Waals surface area contributed by atoms with E-state index in [1.54, 1.807) is 0 Å². The van der Waals surface area contributed by atoms with Gasteiger partial charge in [0.15, 0.2) is 0 Å². The fraction of sp³-hybridized carbons (Fsp3) is 0. The van der Waals surface area contributed by atoms with Crippen LogP contribution in [0.5, 0.6) is 0 Å². The van der Waals surface area contributed by atoms with Gasteiger partial charge in [-0.2, -0.15) is 0 Å². The summed E-state index contributed by atoms with van der Waals surface area (Å²) in [5, 5.41) is 10.5. The molecule has 0 bridgehead atoms. The number of hydrogen-bond acceptors (Lipinski definition) is 2. The highest BCUT2D eigenvalue weighted by Crippen LogP contribution is 2.48. The van der Waals surface area contributed by atoms with Gasteiger partial charge in [-0.3, -0.25) is 0 Å². The summed E-state index contributed by atoms with van der Waals surface area (Å²) in [4.78, 5) is 0. The molecular weight excluding hydrogens is 633 g/mol. The lowest BCUT2D eigenvalue weighted by Gasteiger charge is -2.18. The van der Waals surface area contributed by atoms with E-state index in [0.717, 1.165) is 60.9 Å². The molecule has 9 aromatic carbocycles. The second-order valence-electron chi connectivity index (χ2n) is 13.5. The van der Waals surface area contributed by atoms with Crippen molar-refractivity contribution >= 4 is 65.2 Å². The molecule has 0 saturated carbocycles. The Kier molecular flexibility index (Phi) is 6.28. The van der Waals surface area contributed by atoms with Crippen LogP contribution in [-0.4, -0.2) is 0 Å². The molecule has 0 radical (unpaired) electrons. The molecule has 0 aliphatic carbocycles. The van der Waals surface area contributed by atoms with Gasteiger partial charge in [0.1, 0.15) is 22.5 Å². The van der Waals surface area contributed by atoms with E-state index in [-0.39, 0.29) is 0 Å². The molecule has 2 heterocycles. The van der Waals surface area contributed by atoms with Crippen LogP contribution in [0, 0.1) is 0 Å². The van der Waals surface area contributed by atoms with Crippen molar-refractivity contribution in [1.82, 2.24) is 0 Å². The maximum Gasteiger partial charge on any atom is 0.147 e. The van der Waals surface area contributed by atoms with Gasteiger partial charge in [0.25, 0.3) is 0 Å². The van der Waals surface area contributed by atoms with Gasteiger partial charge in [-0.25, -0.2) is 0 Å². The third-order valence-corrected chi connectivity index (χ3v) is 10.7. The molecule has 52 heavy (non-hydrogen) atoms. The summed E-state index contributed by atoms with van der Waals surface area (Å²) in [5.41, 5.74) is 10.6. The number of fused-ring (bicyclic) bond motifs is 8. The van der Waals surface area contributed by atoms with Crippen molar-refractivity contribution in [2.24, 2.45) is 0 Å². The van der Waals surface area contributed by atoms with Gasteiger partial charge >= 0.3 is 0 Å². The van der Waals surface area contributed by atoms with Crippen LogP contribution < -0.4 is 0 Å². The van der Waals surface area contributed by atoms with Crippen molar-refractivity contribution in [3.8, 4) is 44.7 Å². The van der Waals surface area contributed by atoms with Gasteiger partial charge in [-0.1, -0.05) is 158 Å². The van der Waals surface area contributed by atoms with Crippen molar-refractivity contribution in [3.63, 3.8) is 0 Å². The summed E-state index contributed by atoms with van der Waals surface area (Å²) >= 11 is 0.